The smallest absolute Gasteiger partial charge is 0.191 e. The lowest BCUT2D eigenvalue weighted by Crippen LogP contribution is -2.48. The topological polar surface area (TPSA) is 39.7 Å². The molecule has 0 aromatic heterocycles. The van der Waals surface area contributed by atoms with Gasteiger partial charge in [-0.3, -0.25) is 9.89 Å². The first-order valence-electron chi connectivity index (χ1n) is 9.33. The Kier molecular flexibility index (Phi) is 12.2. The summed E-state index contributed by atoms with van der Waals surface area (Å²) in [7, 11) is 0. The third kappa shape index (κ3) is 8.86. The number of piperidine rings is 1. The van der Waals surface area contributed by atoms with Gasteiger partial charge in [0.1, 0.15) is 0 Å². The minimum Gasteiger partial charge on any atom is -0.357 e. The van der Waals surface area contributed by atoms with E-state index < -0.39 is 0 Å². The SMILES string of the molecule is C=CCN1CCC(NC(=NCCCc2cccc(Br)c2)NCC)CC1.I. The van der Waals surface area contributed by atoms with Gasteiger partial charge in [-0.25, -0.2) is 0 Å². The Morgan fingerprint density at radius 2 is 2.15 bits per heavy atom. The summed E-state index contributed by atoms with van der Waals surface area (Å²) < 4.78 is 1.14. The largest absolute Gasteiger partial charge is 0.357 e. The second-order valence-corrected chi connectivity index (χ2v) is 7.42. The number of aliphatic imine (C=N–C) groups is 1. The highest BCUT2D eigenvalue weighted by Gasteiger charge is 2.18. The number of hydrogen-bond donors (Lipinski definition) is 2. The zero-order valence-corrected chi connectivity index (χ0v) is 19.6. The number of benzene rings is 1. The maximum atomic E-state index is 4.75. The van der Waals surface area contributed by atoms with E-state index in [0.29, 0.717) is 6.04 Å². The summed E-state index contributed by atoms with van der Waals surface area (Å²) >= 11 is 3.53. The van der Waals surface area contributed by atoms with Crippen molar-refractivity contribution in [2.75, 3.05) is 32.7 Å². The van der Waals surface area contributed by atoms with Crippen molar-refractivity contribution in [1.82, 2.24) is 15.5 Å². The minimum atomic E-state index is 0. The molecule has 1 fully saturated rings. The molecule has 4 nitrogen and oxygen atoms in total. The van der Waals surface area contributed by atoms with Crippen molar-refractivity contribution >= 4 is 45.9 Å². The summed E-state index contributed by atoms with van der Waals surface area (Å²) in [5.74, 6) is 0.957. The van der Waals surface area contributed by atoms with Gasteiger partial charge in [-0.2, -0.15) is 0 Å². The van der Waals surface area contributed by atoms with Gasteiger partial charge in [0.2, 0.25) is 0 Å². The molecular weight excluding hydrogens is 503 g/mol. The van der Waals surface area contributed by atoms with Gasteiger partial charge < -0.3 is 10.6 Å². The summed E-state index contributed by atoms with van der Waals surface area (Å²) in [6, 6.07) is 9.03. The molecule has 0 unspecified atom stereocenters. The molecule has 6 heteroatoms. The van der Waals surface area contributed by atoms with Gasteiger partial charge in [0.05, 0.1) is 0 Å². The Morgan fingerprint density at radius 1 is 1.38 bits per heavy atom. The molecule has 0 radical (unpaired) electrons. The second-order valence-electron chi connectivity index (χ2n) is 6.50. The van der Waals surface area contributed by atoms with Crippen molar-refractivity contribution in [3.63, 3.8) is 0 Å². The molecule has 1 aliphatic heterocycles. The number of hydrogen-bond acceptors (Lipinski definition) is 2. The number of nitrogens with zero attached hydrogens (tertiary/aromatic N) is 2. The van der Waals surface area contributed by atoms with Gasteiger partial charge in [0.25, 0.3) is 0 Å². The van der Waals surface area contributed by atoms with E-state index in [4.69, 9.17) is 4.99 Å². The molecule has 1 aromatic rings. The number of likely N-dealkylation sites (tertiary alicyclic amines) is 1. The summed E-state index contributed by atoms with van der Waals surface area (Å²) in [6.07, 6.45) is 6.43. The van der Waals surface area contributed by atoms with Crippen LogP contribution in [0.25, 0.3) is 0 Å². The molecule has 1 aliphatic rings. The van der Waals surface area contributed by atoms with Crippen LogP contribution in [0.4, 0.5) is 0 Å². The summed E-state index contributed by atoms with van der Waals surface area (Å²) in [4.78, 5) is 7.20. The van der Waals surface area contributed by atoms with Crippen LogP contribution in [0, 0.1) is 0 Å². The van der Waals surface area contributed by atoms with Crippen molar-refractivity contribution in [1.29, 1.82) is 0 Å². The Bertz CT molecular complexity index is 556. The van der Waals surface area contributed by atoms with Gasteiger partial charge in [-0.1, -0.05) is 34.1 Å². The lowest BCUT2D eigenvalue weighted by Gasteiger charge is -2.32. The molecule has 0 saturated carbocycles. The highest BCUT2D eigenvalue weighted by Crippen LogP contribution is 2.13. The quantitative estimate of drug-likeness (QED) is 0.172. The molecular formula is C20H32BrIN4. The van der Waals surface area contributed by atoms with Crippen molar-refractivity contribution in [3.05, 3.63) is 47.0 Å². The standard InChI is InChI=1S/C20H31BrN4.HI/c1-3-13-25-14-10-19(11-15-25)24-20(22-4-2)23-12-6-8-17-7-5-9-18(21)16-17;/h3,5,7,9,16,19H,1,4,6,8,10-15H2,2H3,(H2,22,23,24);1H. The lowest BCUT2D eigenvalue weighted by atomic mass is 10.1. The molecule has 0 spiro atoms. The van der Waals surface area contributed by atoms with E-state index in [9.17, 15) is 0 Å². The minimum absolute atomic E-state index is 0. The van der Waals surface area contributed by atoms with Crippen LogP contribution in [-0.4, -0.2) is 49.6 Å². The molecule has 0 aliphatic carbocycles. The van der Waals surface area contributed by atoms with Crippen molar-refractivity contribution in [2.24, 2.45) is 4.99 Å². The van der Waals surface area contributed by atoms with Crippen LogP contribution in [0.5, 0.6) is 0 Å². The molecule has 2 N–H and O–H groups in total. The molecule has 0 atom stereocenters. The number of halogens is 2. The van der Waals surface area contributed by atoms with Gasteiger partial charge in [0, 0.05) is 43.2 Å². The van der Waals surface area contributed by atoms with Crippen molar-refractivity contribution in [2.45, 2.75) is 38.6 Å². The number of rotatable bonds is 8. The van der Waals surface area contributed by atoms with Crippen LogP contribution >= 0.6 is 39.9 Å². The van der Waals surface area contributed by atoms with Crippen molar-refractivity contribution < 1.29 is 0 Å². The Hall–Kier alpha value is -0.600. The summed E-state index contributed by atoms with van der Waals surface area (Å²) in [6.45, 7) is 10.9. The van der Waals surface area contributed by atoms with E-state index in [1.807, 2.05) is 6.08 Å². The molecule has 146 valence electrons. The maximum absolute atomic E-state index is 4.75. The summed E-state index contributed by atoms with van der Waals surface area (Å²) in [5.41, 5.74) is 1.36. The van der Waals surface area contributed by atoms with Crippen molar-refractivity contribution in [3.8, 4) is 0 Å². The monoisotopic (exact) mass is 534 g/mol. The average molecular weight is 535 g/mol. The van der Waals surface area contributed by atoms with Crippen LogP contribution in [0.1, 0.15) is 31.7 Å². The average Bonchev–Trinajstić information content (AvgIpc) is 2.61. The fourth-order valence-corrected chi connectivity index (χ4v) is 3.57. The van der Waals surface area contributed by atoms with Crippen LogP contribution in [0.2, 0.25) is 0 Å². The van der Waals surface area contributed by atoms with Crippen LogP contribution in [-0.2, 0) is 6.42 Å². The molecule has 1 saturated heterocycles. The van der Waals surface area contributed by atoms with Crippen LogP contribution in [0.15, 0.2) is 46.4 Å². The normalized spacial score (nSPS) is 16.0. The predicted octanol–water partition coefficient (Wildman–Crippen LogP) is 4.21. The highest BCUT2D eigenvalue weighted by atomic mass is 127. The Morgan fingerprint density at radius 3 is 2.81 bits per heavy atom. The molecule has 2 rings (SSSR count). The predicted molar refractivity (Wildman–Crippen MR) is 127 cm³/mol. The fourth-order valence-electron chi connectivity index (χ4n) is 3.12. The third-order valence-electron chi connectivity index (χ3n) is 4.44. The molecule has 1 aromatic carbocycles. The van der Waals surface area contributed by atoms with E-state index in [1.54, 1.807) is 0 Å². The van der Waals surface area contributed by atoms with E-state index in [0.717, 1.165) is 68.8 Å². The van der Waals surface area contributed by atoms with Gasteiger partial charge in [0.15, 0.2) is 5.96 Å². The number of nitrogens with one attached hydrogen (secondary N) is 2. The number of aryl methyl sites for hydroxylation is 1. The second kappa shape index (κ2) is 13.6. The lowest BCUT2D eigenvalue weighted by molar-refractivity contribution is 0.225. The van der Waals surface area contributed by atoms with E-state index in [2.05, 4.69) is 69.2 Å². The Balaban J connectivity index is 0.00000338. The van der Waals surface area contributed by atoms with Crippen LogP contribution < -0.4 is 10.6 Å². The van der Waals surface area contributed by atoms with Gasteiger partial charge >= 0.3 is 0 Å². The maximum Gasteiger partial charge on any atom is 0.191 e. The van der Waals surface area contributed by atoms with E-state index in [-0.39, 0.29) is 24.0 Å². The Labute approximate surface area is 184 Å². The zero-order chi connectivity index (χ0) is 17.9. The highest BCUT2D eigenvalue weighted by molar-refractivity contribution is 14.0. The van der Waals surface area contributed by atoms with Gasteiger partial charge in [-0.15, -0.1) is 30.6 Å². The zero-order valence-electron chi connectivity index (χ0n) is 15.7. The third-order valence-corrected chi connectivity index (χ3v) is 4.94. The van der Waals surface area contributed by atoms with E-state index >= 15 is 0 Å². The molecule has 0 bridgehead atoms. The van der Waals surface area contributed by atoms with Crippen LogP contribution in [0.3, 0.4) is 0 Å². The van der Waals surface area contributed by atoms with Gasteiger partial charge in [-0.05, 0) is 50.3 Å². The summed E-state index contributed by atoms with van der Waals surface area (Å²) in [5, 5.41) is 6.98. The molecule has 26 heavy (non-hydrogen) atoms. The fraction of sp³-hybridized carbons (Fsp3) is 0.550. The molecule has 0 amide bonds. The first-order valence-corrected chi connectivity index (χ1v) is 10.1. The first-order chi connectivity index (χ1) is 12.2. The first kappa shape index (κ1) is 23.4. The molecule has 1 heterocycles. The van der Waals surface area contributed by atoms with E-state index in [1.165, 1.54) is 5.56 Å². The number of guanidine groups is 1.